The van der Waals surface area contributed by atoms with Crippen molar-refractivity contribution in [3.8, 4) is 0 Å². The number of ether oxygens (including phenoxy) is 1. The van der Waals surface area contributed by atoms with Crippen LogP contribution in [0.3, 0.4) is 0 Å². The maximum Gasteiger partial charge on any atom is 0.227 e. The van der Waals surface area contributed by atoms with Gasteiger partial charge in [0.25, 0.3) is 0 Å². The number of rotatable bonds is 4. The van der Waals surface area contributed by atoms with Crippen LogP contribution in [0, 0.1) is 6.92 Å². The standard InChI is InChI=1S/C20H27N7O/c1-14-22-17-4-2-3-16(17)19(23-14)27-8-6-15(13-27)24-18-5-7-21-20(25-18)26-9-11-28-12-10-26/h5,7,15H,2-4,6,8-13H2,1H3,(H,21,24,25). The van der Waals surface area contributed by atoms with Gasteiger partial charge in [0.15, 0.2) is 0 Å². The van der Waals surface area contributed by atoms with E-state index in [1.165, 1.54) is 17.7 Å². The molecule has 8 nitrogen and oxygen atoms in total. The minimum atomic E-state index is 0.361. The van der Waals surface area contributed by atoms with Crippen LogP contribution >= 0.6 is 0 Å². The number of aromatic nitrogens is 4. The highest BCUT2D eigenvalue weighted by molar-refractivity contribution is 5.53. The third-order valence-corrected chi connectivity index (χ3v) is 5.80. The van der Waals surface area contributed by atoms with Gasteiger partial charge in [-0.25, -0.2) is 15.0 Å². The molecule has 0 bridgehead atoms. The molecule has 0 radical (unpaired) electrons. The molecule has 1 atom stereocenters. The van der Waals surface area contributed by atoms with E-state index in [0.717, 1.165) is 82.1 Å². The van der Waals surface area contributed by atoms with Gasteiger partial charge in [0.1, 0.15) is 17.5 Å². The Morgan fingerprint density at radius 2 is 1.96 bits per heavy atom. The highest BCUT2D eigenvalue weighted by atomic mass is 16.5. The Labute approximate surface area is 165 Å². The lowest BCUT2D eigenvalue weighted by molar-refractivity contribution is 0.122. The normalized spacial score (nSPS) is 21.8. The Kier molecular flexibility index (Phi) is 4.72. The van der Waals surface area contributed by atoms with Gasteiger partial charge in [0, 0.05) is 49.7 Å². The Balaban J connectivity index is 1.27. The second-order valence-electron chi connectivity index (χ2n) is 7.79. The second-order valence-corrected chi connectivity index (χ2v) is 7.79. The minimum Gasteiger partial charge on any atom is -0.378 e. The van der Waals surface area contributed by atoms with E-state index < -0.39 is 0 Å². The maximum absolute atomic E-state index is 5.42. The van der Waals surface area contributed by atoms with Crippen LogP contribution in [0.5, 0.6) is 0 Å². The third-order valence-electron chi connectivity index (χ3n) is 5.80. The predicted molar refractivity (Wildman–Crippen MR) is 108 cm³/mol. The lowest BCUT2D eigenvalue weighted by atomic mass is 10.2. The summed E-state index contributed by atoms with van der Waals surface area (Å²) in [5.41, 5.74) is 2.62. The van der Waals surface area contributed by atoms with Crippen molar-refractivity contribution >= 4 is 17.6 Å². The van der Waals surface area contributed by atoms with Gasteiger partial charge in [-0.15, -0.1) is 0 Å². The van der Waals surface area contributed by atoms with Crippen molar-refractivity contribution in [3.63, 3.8) is 0 Å². The average Bonchev–Trinajstić information content (AvgIpc) is 3.38. The molecule has 1 aliphatic carbocycles. The summed E-state index contributed by atoms with van der Waals surface area (Å²) in [6.45, 7) is 7.13. The summed E-state index contributed by atoms with van der Waals surface area (Å²) >= 11 is 0. The first-order chi connectivity index (χ1) is 13.8. The molecular weight excluding hydrogens is 354 g/mol. The van der Waals surface area contributed by atoms with Crippen LogP contribution < -0.4 is 15.1 Å². The molecule has 0 aromatic carbocycles. The number of anilines is 3. The number of nitrogens with one attached hydrogen (secondary N) is 1. The van der Waals surface area contributed by atoms with Crippen LogP contribution in [-0.2, 0) is 17.6 Å². The number of morpholine rings is 1. The van der Waals surface area contributed by atoms with E-state index in [9.17, 15) is 0 Å². The average molecular weight is 381 g/mol. The van der Waals surface area contributed by atoms with Crippen molar-refractivity contribution in [3.05, 3.63) is 29.3 Å². The number of aryl methyl sites for hydroxylation is 2. The number of fused-ring (bicyclic) bond motifs is 1. The lowest BCUT2D eigenvalue weighted by Crippen LogP contribution is -2.37. The molecule has 2 fully saturated rings. The molecule has 4 heterocycles. The summed E-state index contributed by atoms with van der Waals surface area (Å²) in [5.74, 6) is 3.72. The molecule has 0 amide bonds. The van der Waals surface area contributed by atoms with E-state index in [1.54, 1.807) is 0 Å². The van der Waals surface area contributed by atoms with Crippen molar-refractivity contribution in [1.82, 2.24) is 19.9 Å². The fourth-order valence-corrected chi connectivity index (χ4v) is 4.42. The molecule has 2 aromatic heterocycles. The molecule has 2 aromatic rings. The highest BCUT2D eigenvalue weighted by Gasteiger charge is 2.28. The molecule has 148 valence electrons. The highest BCUT2D eigenvalue weighted by Crippen LogP contribution is 2.31. The van der Waals surface area contributed by atoms with E-state index >= 15 is 0 Å². The van der Waals surface area contributed by atoms with Crippen LogP contribution in [0.25, 0.3) is 0 Å². The summed E-state index contributed by atoms with van der Waals surface area (Å²) < 4.78 is 5.42. The van der Waals surface area contributed by atoms with Gasteiger partial charge in [0.2, 0.25) is 5.95 Å². The van der Waals surface area contributed by atoms with Crippen LogP contribution in [0.15, 0.2) is 12.3 Å². The summed E-state index contributed by atoms with van der Waals surface area (Å²) in [7, 11) is 0. The largest absolute Gasteiger partial charge is 0.378 e. The molecule has 8 heteroatoms. The zero-order valence-electron chi connectivity index (χ0n) is 16.4. The van der Waals surface area contributed by atoms with Gasteiger partial charge < -0.3 is 19.9 Å². The smallest absolute Gasteiger partial charge is 0.227 e. The number of nitrogens with zero attached hydrogens (tertiary/aromatic N) is 6. The molecule has 2 saturated heterocycles. The Hall–Kier alpha value is -2.48. The quantitative estimate of drug-likeness (QED) is 0.855. The predicted octanol–water partition coefficient (Wildman–Crippen LogP) is 1.59. The first-order valence-electron chi connectivity index (χ1n) is 10.3. The zero-order valence-corrected chi connectivity index (χ0v) is 16.4. The third kappa shape index (κ3) is 3.48. The fourth-order valence-electron chi connectivity index (χ4n) is 4.42. The van der Waals surface area contributed by atoms with Crippen molar-refractivity contribution in [2.75, 3.05) is 54.5 Å². The van der Waals surface area contributed by atoms with E-state index in [4.69, 9.17) is 14.7 Å². The molecule has 0 spiro atoms. The first-order valence-corrected chi connectivity index (χ1v) is 10.3. The molecule has 0 saturated carbocycles. The van der Waals surface area contributed by atoms with E-state index in [-0.39, 0.29) is 0 Å². The fraction of sp³-hybridized carbons (Fsp3) is 0.600. The van der Waals surface area contributed by atoms with Gasteiger partial charge >= 0.3 is 0 Å². The van der Waals surface area contributed by atoms with Gasteiger partial charge in [-0.1, -0.05) is 0 Å². The summed E-state index contributed by atoms with van der Waals surface area (Å²) in [5, 5.41) is 3.61. The minimum absolute atomic E-state index is 0.361. The number of hydrogen-bond donors (Lipinski definition) is 1. The maximum atomic E-state index is 5.42. The van der Waals surface area contributed by atoms with E-state index in [0.29, 0.717) is 6.04 Å². The second kappa shape index (κ2) is 7.50. The molecule has 3 aliphatic rings. The molecule has 28 heavy (non-hydrogen) atoms. The molecule has 2 aliphatic heterocycles. The van der Waals surface area contributed by atoms with Gasteiger partial charge in [0.05, 0.1) is 13.2 Å². The summed E-state index contributed by atoms with van der Waals surface area (Å²) in [6.07, 6.45) is 6.31. The molecule has 1 unspecified atom stereocenters. The van der Waals surface area contributed by atoms with Gasteiger partial charge in [-0.3, -0.25) is 0 Å². The van der Waals surface area contributed by atoms with Crippen LogP contribution in [0.1, 0.15) is 29.9 Å². The Morgan fingerprint density at radius 1 is 1.07 bits per heavy atom. The van der Waals surface area contributed by atoms with Gasteiger partial charge in [-0.05, 0) is 38.7 Å². The van der Waals surface area contributed by atoms with Gasteiger partial charge in [-0.2, -0.15) is 4.98 Å². The van der Waals surface area contributed by atoms with Crippen LogP contribution in [0.2, 0.25) is 0 Å². The summed E-state index contributed by atoms with van der Waals surface area (Å²) in [4.78, 5) is 23.2. The van der Waals surface area contributed by atoms with E-state index in [1.807, 2.05) is 19.2 Å². The van der Waals surface area contributed by atoms with Crippen LogP contribution in [0.4, 0.5) is 17.6 Å². The molecule has 1 N–H and O–H groups in total. The SMILES string of the molecule is Cc1nc2c(c(N3CCC(Nc4ccnc(N5CCOCC5)n4)C3)n1)CCC2. The number of hydrogen-bond acceptors (Lipinski definition) is 8. The van der Waals surface area contributed by atoms with Crippen molar-refractivity contribution in [1.29, 1.82) is 0 Å². The lowest BCUT2D eigenvalue weighted by Gasteiger charge is -2.27. The topological polar surface area (TPSA) is 79.3 Å². The molecular formula is C20H27N7O. The first kappa shape index (κ1) is 17.6. The van der Waals surface area contributed by atoms with Crippen molar-refractivity contribution in [2.45, 2.75) is 38.6 Å². The zero-order chi connectivity index (χ0) is 18.9. The van der Waals surface area contributed by atoms with Crippen LogP contribution in [-0.4, -0.2) is 65.4 Å². The molecule has 5 rings (SSSR count). The van der Waals surface area contributed by atoms with Crippen molar-refractivity contribution < 1.29 is 4.74 Å². The summed E-state index contributed by atoms with van der Waals surface area (Å²) in [6, 6.07) is 2.32. The van der Waals surface area contributed by atoms with E-state index in [2.05, 4.69) is 25.1 Å². The monoisotopic (exact) mass is 381 g/mol. The Morgan fingerprint density at radius 3 is 2.86 bits per heavy atom. The Bertz CT molecular complexity index is 852. The van der Waals surface area contributed by atoms with Crippen molar-refractivity contribution in [2.24, 2.45) is 0 Å².